The third kappa shape index (κ3) is 4.57. The van der Waals surface area contributed by atoms with Crippen LogP contribution in [0.25, 0.3) is 0 Å². The number of carbonyl (C=O) groups is 2. The van der Waals surface area contributed by atoms with Crippen molar-refractivity contribution in [2.24, 2.45) is 0 Å². The van der Waals surface area contributed by atoms with Crippen LogP contribution in [0.15, 0.2) is 48.5 Å². The second-order valence-electron chi connectivity index (χ2n) is 5.02. The van der Waals surface area contributed by atoms with E-state index in [9.17, 15) is 9.59 Å². The van der Waals surface area contributed by atoms with Crippen LogP contribution in [0.1, 0.15) is 22.3 Å². The van der Waals surface area contributed by atoms with Crippen LogP contribution in [0.5, 0.6) is 5.75 Å². The largest absolute Gasteiger partial charge is 0.496 e. The molecule has 2 aromatic carbocycles. The minimum absolute atomic E-state index is 0.0800. The third-order valence-electron chi connectivity index (χ3n) is 3.47. The average Bonchev–Trinajstić information content (AvgIpc) is 2.60. The van der Waals surface area contributed by atoms with Crippen LogP contribution >= 0.6 is 0 Å². The Labute approximate surface area is 135 Å². The quantitative estimate of drug-likeness (QED) is 0.861. The number of para-hydroxylation sites is 1. The van der Waals surface area contributed by atoms with E-state index in [1.54, 1.807) is 38.4 Å². The minimum Gasteiger partial charge on any atom is -0.496 e. The second kappa shape index (κ2) is 7.98. The Kier molecular flexibility index (Phi) is 5.74. The summed E-state index contributed by atoms with van der Waals surface area (Å²) in [4.78, 5) is 23.5. The number of anilines is 1. The number of hydrogen-bond donors (Lipinski definition) is 2. The highest BCUT2D eigenvalue weighted by Gasteiger charge is 2.07. The highest BCUT2D eigenvalue weighted by atomic mass is 16.5. The van der Waals surface area contributed by atoms with Crippen LogP contribution in [0.2, 0.25) is 0 Å². The summed E-state index contributed by atoms with van der Waals surface area (Å²) in [5.41, 5.74) is 2.22. The first kappa shape index (κ1) is 16.5. The lowest BCUT2D eigenvalue weighted by Gasteiger charge is -2.09. The van der Waals surface area contributed by atoms with Crippen LogP contribution in [-0.4, -0.2) is 26.0 Å². The molecule has 120 valence electrons. The fourth-order valence-electron chi connectivity index (χ4n) is 2.23. The number of carbonyl (C=O) groups excluding carboxylic acids is 2. The summed E-state index contributed by atoms with van der Waals surface area (Å²) < 4.78 is 5.27. The number of benzene rings is 2. The molecule has 0 heterocycles. The van der Waals surface area contributed by atoms with Gasteiger partial charge in [0.2, 0.25) is 5.91 Å². The van der Waals surface area contributed by atoms with Crippen LogP contribution in [-0.2, 0) is 11.2 Å². The summed E-state index contributed by atoms with van der Waals surface area (Å²) >= 11 is 0. The fraction of sp³-hybridized carbons (Fsp3) is 0.222. The number of hydrogen-bond acceptors (Lipinski definition) is 3. The van der Waals surface area contributed by atoms with Crippen LogP contribution in [0.4, 0.5) is 5.69 Å². The molecular weight excluding hydrogens is 292 g/mol. The summed E-state index contributed by atoms with van der Waals surface area (Å²) in [7, 11) is 3.20. The van der Waals surface area contributed by atoms with Gasteiger partial charge in [0.05, 0.1) is 7.11 Å². The molecule has 0 aliphatic heterocycles. The molecule has 0 aliphatic carbocycles. The minimum atomic E-state index is -0.154. The second-order valence-corrected chi connectivity index (χ2v) is 5.02. The maximum atomic E-state index is 12.0. The SMILES string of the molecule is CNC(=O)c1ccc(NC(=O)CCc2ccccc2OC)cc1. The van der Waals surface area contributed by atoms with Gasteiger partial charge in [-0.05, 0) is 42.3 Å². The lowest BCUT2D eigenvalue weighted by molar-refractivity contribution is -0.116. The predicted molar refractivity (Wildman–Crippen MR) is 89.8 cm³/mol. The van der Waals surface area contributed by atoms with Gasteiger partial charge in [-0.2, -0.15) is 0 Å². The normalized spacial score (nSPS) is 10.0. The van der Waals surface area contributed by atoms with Gasteiger partial charge in [-0.3, -0.25) is 9.59 Å². The number of nitrogens with one attached hydrogen (secondary N) is 2. The maximum absolute atomic E-state index is 12.0. The Morgan fingerprint density at radius 3 is 2.39 bits per heavy atom. The van der Waals surface area contributed by atoms with Gasteiger partial charge >= 0.3 is 0 Å². The molecule has 2 amide bonds. The molecule has 0 saturated heterocycles. The fourth-order valence-corrected chi connectivity index (χ4v) is 2.23. The Hall–Kier alpha value is -2.82. The molecule has 23 heavy (non-hydrogen) atoms. The Morgan fingerprint density at radius 2 is 1.74 bits per heavy atom. The van der Waals surface area contributed by atoms with Gasteiger partial charge in [-0.25, -0.2) is 0 Å². The lowest BCUT2D eigenvalue weighted by atomic mass is 10.1. The topological polar surface area (TPSA) is 67.4 Å². The zero-order chi connectivity index (χ0) is 16.7. The molecule has 0 unspecified atom stereocenters. The molecule has 2 rings (SSSR count). The standard InChI is InChI=1S/C18H20N2O3/c1-19-18(22)14-7-10-15(11-8-14)20-17(21)12-9-13-5-3-4-6-16(13)23-2/h3-8,10-11H,9,12H2,1-2H3,(H,19,22)(H,20,21). The van der Waals surface area contributed by atoms with Crippen molar-refractivity contribution in [3.05, 3.63) is 59.7 Å². The van der Waals surface area contributed by atoms with Crippen molar-refractivity contribution in [2.75, 3.05) is 19.5 Å². The molecular formula is C18H20N2O3. The van der Waals surface area contributed by atoms with E-state index in [1.807, 2.05) is 24.3 Å². The van der Waals surface area contributed by atoms with E-state index < -0.39 is 0 Å². The summed E-state index contributed by atoms with van der Waals surface area (Å²) in [6.45, 7) is 0. The molecule has 0 saturated carbocycles. The first-order valence-electron chi connectivity index (χ1n) is 7.38. The number of methoxy groups -OCH3 is 1. The first-order valence-corrected chi connectivity index (χ1v) is 7.38. The summed E-state index contributed by atoms with van der Waals surface area (Å²) in [5.74, 6) is 0.554. The van der Waals surface area contributed by atoms with Gasteiger partial charge in [0, 0.05) is 24.7 Å². The monoisotopic (exact) mass is 312 g/mol. The van der Waals surface area contributed by atoms with Gasteiger partial charge in [-0.1, -0.05) is 18.2 Å². The van der Waals surface area contributed by atoms with Gasteiger partial charge in [0.15, 0.2) is 0 Å². The summed E-state index contributed by atoms with van der Waals surface area (Å²) in [5, 5.41) is 5.37. The lowest BCUT2D eigenvalue weighted by Crippen LogP contribution is -2.18. The first-order chi connectivity index (χ1) is 11.1. The number of ether oxygens (including phenoxy) is 1. The van der Waals surface area contributed by atoms with Crippen molar-refractivity contribution in [1.82, 2.24) is 5.32 Å². The van der Waals surface area contributed by atoms with E-state index >= 15 is 0 Å². The molecule has 2 N–H and O–H groups in total. The highest BCUT2D eigenvalue weighted by Crippen LogP contribution is 2.19. The summed E-state index contributed by atoms with van der Waals surface area (Å²) in [6.07, 6.45) is 0.962. The Bertz CT molecular complexity index is 681. The van der Waals surface area contributed by atoms with Crippen molar-refractivity contribution in [3.8, 4) is 5.75 Å². The van der Waals surface area contributed by atoms with E-state index in [-0.39, 0.29) is 11.8 Å². The predicted octanol–water partition coefficient (Wildman–Crippen LogP) is 2.63. The van der Waals surface area contributed by atoms with Crippen molar-refractivity contribution in [3.63, 3.8) is 0 Å². The Morgan fingerprint density at radius 1 is 1.04 bits per heavy atom. The molecule has 0 fully saturated rings. The molecule has 0 spiro atoms. The van der Waals surface area contributed by atoms with Crippen LogP contribution in [0, 0.1) is 0 Å². The van der Waals surface area contributed by atoms with Crippen LogP contribution in [0.3, 0.4) is 0 Å². The zero-order valence-corrected chi connectivity index (χ0v) is 13.3. The van der Waals surface area contributed by atoms with Gasteiger partial charge < -0.3 is 15.4 Å². The van der Waals surface area contributed by atoms with Gasteiger partial charge in [0.1, 0.15) is 5.75 Å². The molecule has 0 bridgehead atoms. The molecule has 5 nitrogen and oxygen atoms in total. The van der Waals surface area contributed by atoms with Crippen molar-refractivity contribution in [1.29, 1.82) is 0 Å². The average molecular weight is 312 g/mol. The van der Waals surface area contributed by atoms with E-state index in [1.165, 1.54) is 0 Å². The van der Waals surface area contributed by atoms with Crippen molar-refractivity contribution < 1.29 is 14.3 Å². The molecule has 0 aromatic heterocycles. The molecule has 0 aliphatic rings. The molecule has 0 radical (unpaired) electrons. The van der Waals surface area contributed by atoms with Gasteiger partial charge in [-0.15, -0.1) is 0 Å². The highest BCUT2D eigenvalue weighted by molar-refractivity contribution is 5.95. The van der Waals surface area contributed by atoms with Crippen molar-refractivity contribution in [2.45, 2.75) is 12.8 Å². The molecule has 5 heteroatoms. The van der Waals surface area contributed by atoms with Crippen molar-refractivity contribution >= 4 is 17.5 Å². The zero-order valence-electron chi connectivity index (χ0n) is 13.3. The molecule has 2 aromatic rings. The van der Waals surface area contributed by atoms with Crippen LogP contribution < -0.4 is 15.4 Å². The van der Waals surface area contributed by atoms with E-state index in [2.05, 4.69) is 10.6 Å². The van der Waals surface area contributed by atoms with Gasteiger partial charge in [0.25, 0.3) is 5.91 Å². The van der Waals surface area contributed by atoms with E-state index in [0.29, 0.717) is 24.1 Å². The Balaban J connectivity index is 1.91. The number of amides is 2. The number of aryl methyl sites for hydroxylation is 1. The molecule has 0 atom stereocenters. The summed E-state index contributed by atoms with van der Waals surface area (Å²) in [6, 6.07) is 14.4. The number of rotatable bonds is 6. The smallest absolute Gasteiger partial charge is 0.251 e. The maximum Gasteiger partial charge on any atom is 0.251 e. The third-order valence-corrected chi connectivity index (χ3v) is 3.47. The van der Waals surface area contributed by atoms with E-state index in [4.69, 9.17) is 4.74 Å². The van der Waals surface area contributed by atoms with E-state index in [0.717, 1.165) is 11.3 Å².